The van der Waals surface area contributed by atoms with Crippen molar-refractivity contribution in [3.8, 4) is 0 Å². The first kappa shape index (κ1) is 14.7. The summed E-state index contributed by atoms with van der Waals surface area (Å²) in [5, 5.41) is 7.19. The van der Waals surface area contributed by atoms with Crippen molar-refractivity contribution in [2.75, 3.05) is 20.8 Å². The molecule has 1 N–H and O–H groups in total. The molecule has 1 aromatic heterocycles. The average Bonchev–Trinajstić information content (AvgIpc) is 2.88. The highest BCUT2D eigenvalue weighted by molar-refractivity contribution is 5.23. The zero-order chi connectivity index (χ0) is 14.4. The molecule has 0 bridgehead atoms. The van der Waals surface area contributed by atoms with Crippen LogP contribution in [0.25, 0.3) is 0 Å². The molecule has 0 saturated carbocycles. The number of methoxy groups -OCH3 is 1. The summed E-state index contributed by atoms with van der Waals surface area (Å²) < 4.78 is 10.4. The van der Waals surface area contributed by atoms with E-state index in [1.54, 1.807) is 7.11 Å². The van der Waals surface area contributed by atoms with Crippen LogP contribution in [0.15, 0.2) is 28.8 Å². The van der Waals surface area contributed by atoms with E-state index in [2.05, 4.69) is 46.6 Å². The lowest BCUT2D eigenvalue weighted by atomic mass is 10.1. The second-order valence-electron chi connectivity index (χ2n) is 4.91. The predicted molar refractivity (Wildman–Crippen MR) is 76.7 cm³/mol. The first-order valence-corrected chi connectivity index (χ1v) is 6.74. The summed E-state index contributed by atoms with van der Waals surface area (Å²) in [5.74, 6) is 1.36. The minimum atomic E-state index is 0.188. The third-order valence-electron chi connectivity index (χ3n) is 3.19. The Morgan fingerprint density at radius 2 is 2.05 bits per heavy atom. The Morgan fingerprint density at radius 3 is 2.70 bits per heavy atom. The van der Waals surface area contributed by atoms with E-state index in [1.807, 2.05) is 7.05 Å². The van der Waals surface area contributed by atoms with Gasteiger partial charge in [0.15, 0.2) is 5.82 Å². The van der Waals surface area contributed by atoms with Crippen molar-refractivity contribution in [2.24, 2.45) is 0 Å². The van der Waals surface area contributed by atoms with Crippen molar-refractivity contribution >= 4 is 0 Å². The summed E-state index contributed by atoms with van der Waals surface area (Å²) >= 11 is 0. The number of nitrogens with one attached hydrogen (secondary N) is 1. The largest absolute Gasteiger partial charge is 0.383 e. The van der Waals surface area contributed by atoms with Crippen molar-refractivity contribution < 1.29 is 9.26 Å². The van der Waals surface area contributed by atoms with Crippen molar-refractivity contribution in [2.45, 2.75) is 25.8 Å². The number of benzene rings is 1. The average molecular weight is 275 g/mol. The topological polar surface area (TPSA) is 60.2 Å². The first-order valence-electron chi connectivity index (χ1n) is 6.74. The maximum absolute atomic E-state index is 5.28. The highest BCUT2D eigenvalue weighted by Crippen LogP contribution is 2.09. The fraction of sp³-hybridized carbons (Fsp3) is 0.467. The Labute approximate surface area is 119 Å². The molecule has 0 saturated heterocycles. The lowest BCUT2D eigenvalue weighted by Crippen LogP contribution is -2.32. The quantitative estimate of drug-likeness (QED) is 0.834. The minimum Gasteiger partial charge on any atom is -0.383 e. The molecular weight excluding hydrogens is 254 g/mol. The molecule has 0 radical (unpaired) electrons. The van der Waals surface area contributed by atoms with Crippen molar-refractivity contribution in [1.82, 2.24) is 15.5 Å². The van der Waals surface area contributed by atoms with Crippen molar-refractivity contribution in [1.29, 1.82) is 0 Å². The Balaban J connectivity index is 1.96. The third-order valence-corrected chi connectivity index (χ3v) is 3.19. The number of likely N-dealkylation sites (N-methyl/N-ethyl adjacent to an activating group) is 1. The molecule has 1 atom stereocenters. The van der Waals surface area contributed by atoms with E-state index in [9.17, 15) is 0 Å². The van der Waals surface area contributed by atoms with Crippen molar-refractivity contribution in [3.63, 3.8) is 0 Å². The SMILES string of the molecule is CNC(COC)Cc1nc(Cc2ccc(C)cc2)no1. The van der Waals surface area contributed by atoms with Gasteiger partial charge in [-0.2, -0.15) is 4.98 Å². The highest BCUT2D eigenvalue weighted by atomic mass is 16.5. The van der Waals surface area contributed by atoms with E-state index in [1.165, 1.54) is 11.1 Å². The molecular formula is C15H21N3O2. The van der Waals surface area contributed by atoms with Gasteiger partial charge in [0, 0.05) is 26.0 Å². The number of ether oxygens (including phenoxy) is 1. The van der Waals surface area contributed by atoms with E-state index in [0.717, 1.165) is 5.82 Å². The maximum atomic E-state index is 5.28. The van der Waals surface area contributed by atoms with Gasteiger partial charge >= 0.3 is 0 Å². The molecule has 2 aromatic rings. The van der Waals surface area contributed by atoms with Crippen LogP contribution in [0.1, 0.15) is 22.8 Å². The summed E-state index contributed by atoms with van der Waals surface area (Å²) in [6.07, 6.45) is 1.36. The summed E-state index contributed by atoms with van der Waals surface area (Å²) in [4.78, 5) is 4.42. The Bertz CT molecular complexity index is 522. The van der Waals surface area contributed by atoms with E-state index in [-0.39, 0.29) is 6.04 Å². The van der Waals surface area contributed by atoms with Crippen LogP contribution < -0.4 is 5.32 Å². The molecule has 5 nitrogen and oxygen atoms in total. The van der Waals surface area contributed by atoms with Gasteiger partial charge in [-0.3, -0.25) is 0 Å². The zero-order valence-corrected chi connectivity index (χ0v) is 12.2. The molecule has 0 spiro atoms. The van der Waals surface area contributed by atoms with Crippen molar-refractivity contribution in [3.05, 3.63) is 47.1 Å². The Morgan fingerprint density at radius 1 is 1.30 bits per heavy atom. The van der Waals surface area contributed by atoms with Gasteiger partial charge in [0.05, 0.1) is 6.61 Å². The first-order chi connectivity index (χ1) is 9.71. The van der Waals surface area contributed by atoms with Crippen LogP contribution in [-0.2, 0) is 17.6 Å². The van der Waals surface area contributed by atoms with Crippen LogP contribution in [0, 0.1) is 6.92 Å². The van der Waals surface area contributed by atoms with Crippen LogP contribution in [0.4, 0.5) is 0 Å². The summed E-state index contributed by atoms with van der Waals surface area (Å²) in [6, 6.07) is 8.55. The number of aromatic nitrogens is 2. The minimum absolute atomic E-state index is 0.188. The smallest absolute Gasteiger partial charge is 0.228 e. The lowest BCUT2D eigenvalue weighted by Gasteiger charge is -2.11. The molecule has 0 fully saturated rings. The molecule has 1 unspecified atom stereocenters. The van der Waals surface area contributed by atoms with Crippen LogP contribution >= 0.6 is 0 Å². The van der Waals surface area contributed by atoms with Gasteiger partial charge in [0.1, 0.15) is 0 Å². The van der Waals surface area contributed by atoms with E-state index >= 15 is 0 Å². The normalized spacial score (nSPS) is 12.6. The van der Waals surface area contributed by atoms with Gasteiger partial charge < -0.3 is 14.6 Å². The second-order valence-corrected chi connectivity index (χ2v) is 4.91. The van der Waals surface area contributed by atoms with E-state index in [4.69, 9.17) is 9.26 Å². The van der Waals surface area contributed by atoms with Gasteiger partial charge in [-0.15, -0.1) is 0 Å². The molecule has 0 aliphatic rings. The van der Waals surface area contributed by atoms with Gasteiger partial charge in [-0.05, 0) is 19.5 Å². The third kappa shape index (κ3) is 4.15. The predicted octanol–water partition coefficient (Wildman–Crippen LogP) is 1.75. The molecule has 108 valence electrons. The zero-order valence-electron chi connectivity index (χ0n) is 12.2. The van der Waals surface area contributed by atoms with E-state index < -0.39 is 0 Å². The van der Waals surface area contributed by atoms with E-state index in [0.29, 0.717) is 25.3 Å². The molecule has 0 amide bonds. The molecule has 20 heavy (non-hydrogen) atoms. The standard InChI is InChI=1S/C15H21N3O2/c1-11-4-6-12(7-5-11)8-14-17-15(20-18-14)9-13(16-2)10-19-3/h4-7,13,16H,8-10H2,1-3H3. The summed E-state index contributed by atoms with van der Waals surface area (Å²) in [5.41, 5.74) is 2.43. The Kier molecular flexibility index (Phi) is 5.26. The number of rotatable bonds is 7. The lowest BCUT2D eigenvalue weighted by molar-refractivity contribution is 0.165. The van der Waals surface area contributed by atoms with Crippen LogP contribution in [0.2, 0.25) is 0 Å². The molecule has 1 heterocycles. The number of aryl methyl sites for hydroxylation is 1. The van der Waals surface area contributed by atoms with Crippen LogP contribution in [-0.4, -0.2) is 36.9 Å². The highest BCUT2D eigenvalue weighted by Gasteiger charge is 2.13. The van der Waals surface area contributed by atoms with Gasteiger partial charge in [0.2, 0.25) is 5.89 Å². The van der Waals surface area contributed by atoms with Gasteiger partial charge in [0.25, 0.3) is 0 Å². The maximum Gasteiger partial charge on any atom is 0.228 e. The summed E-state index contributed by atoms with van der Waals surface area (Å²) in [6.45, 7) is 2.69. The van der Waals surface area contributed by atoms with Crippen LogP contribution in [0.5, 0.6) is 0 Å². The molecule has 1 aromatic carbocycles. The second kappa shape index (κ2) is 7.17. The van der Waals surface area contributed by atoms with Gasteiger partial charge in [-0.25, -0.2) is 0 Å². The fourth-order valence-corrected chi connectivity index (χ4v) is 1.99. The monoisotopic (exact) mass is 275 g/mol. The molecule has 5 heteroatoms. The summed E-state index contributed by atoms with van der Waals surface area (Å²) in [7, 11) is 3.58. The number of hydrogen-bond donors (Lipinski definition) is 1. The fourth-order valence-electron chi connectivity index (χ4n) is 1.99. The molecule has 0 aliphatic heterocycles. The number of hydrogen-bond acceptors (Lipinski definition) is 5. The Hall–Kier alpha value is -1.72. The van der Waals surface area contributed by atoms with Gasteiger partial charge in [-0.1, -0.05) is 35.0 Å². The molecule has 0 aliphatic carbocycles. The van der Waals surface area contributed by atoms with Crippen LogP contribution in [0.3, 0.4) is 0 Å². The number of nitrogens with zero attached hydrogens (tertiary/aromatic N) is 2. The molecule has 2 rings (SSSR count).